The number of hydrogen-bond acceptors (Lipinski definition) is 7. The number of allylic oxidation sites excluding steroid dienone is 1. The molecule has 0 saturated heterocycles. The quantitative estimate of drug-likeness (QED) is 0.179. The van der Waals surface area contributed by atoms with E-state index in [-0.39, 0.29) is 5.92 Å². The number of fused-ring (bicyclic) bond motifs is 5. The van der Waals surface area contributed by atoms with Gasteiger partial charge in [-0.3, -0.25) is 5.10 Å². The lowest BCUT2D eigenvalue weighted by Gasteiger charge is -2.20. The number of nitrogens with one attached hydrogen (secondary N) is 4. The lowest BCUT2D eigenvalue weighted by molar-refractivity contribution is 0.537. The van der Waals surface area contributed by atoms with E-state index in [1.807, 2.05) is 36.5 Å². The third-order valence-corrected chi connectivity index (χ3v) is 7.70. The van der Waals surface area contributed by atoms with Crippen LogP contribution in [0.5, 0.6) is 0 Å². The van der Waals surface area contributed by atoms with Gasteiger partial charge in [0.1, 0.15) is 17.0 Å². The highest BCUT2D eigenvalue weighted by Gasteiger charge is 2.25. The molecule has 4 aromatic rings. The molecule has 1 aliphatic rings. The molecule has 34 heavy (non-hydrogen) atoms. The van der Waals surface area contributed by atoms with Crippen LogP contribution in [0.3, 0.4) is 0 Å². The molecule has 1 aliphatic carbocycles. The summed E-state index contributed by atoms with van der Waals surface area (Å²) in [5.41, 5.74) is 6.22. The van der Waals surface area contributed by atoms with Gasteiger partial charge in [-0.15, -0.1) is 24.5 Å². The fraction of sp³-hybridized carbons (Fsp3) is 0.231. The molecule has 2 atom stereocenters. The van der Waals surface area contributed by atoms with Crippen LogP contribution >= 0.6 is 11.3 Å². The van der Waals surface area contributed by atoms with Crippen molar-refractivity contribution in [3.63, 3.8) is 0 Å². The smallest absolute Gasteiger partial charge is 0.142 e. The van der Waals surface area contributed by atoms with Gasteiger partial charge in [0.25, 0.3) is 0 Å². The molecule has 0 aliphatic heterocycles. The van der Waals surface area contributed by atoms with Crippen LogP contribution in [0.15, 0.2) is 56.0 Å². The average molecular weight is 470 g/mol. The van der Waals surface area contributed by atoms with E-state index in [2.05, 4.69) is 50.9 Å². The van der Waals surface area contributed by atoms with Crippen LogP contribution in [0.1, 0.15) is 23.7 Å². The summed E-state index contributed by atoms with van der Waals surface area (Å²) in [4.78, 5) is 11.3. The van der Waals surface area contributed by atoms with Crippen molar-refractivity contribution < 1.29 is 0 Å². The molecule has 0 bridgehead atoms. The number of hydrogen-bond donors (Lipinski definition) is 4. The van der Waals surface area contributed by atoms with Gasteiger partial charge >= 0.3 is 0 Å². The van der Waals surface area contributed by atoms with Gasteiger partial charge in [0.05, 0.1) is 11.6 Å². The Morgan fingerprint density at radius 2 is 2.12 bits per heavy atom. The second-order valence-corrected chi connectivity index (χ2v) is 9.52. The fourth-order valence-electron chi connectivity index (χ4n) is 4.43. The lowest BCUT2D eigenvalue weighted by atomic mass is 9.94. The van der Waals surface area contributed by atoms with Gasteiger partial charge in [-0.25, -0.2) is 9.97 Å². The van der Waals surface area contributed by atoms with Gasteiger partial charge in [-0.2, -0.15) is 5.10 Å². The standard InChI is InChI=1S/C26H27N7S/c1-4-15(3)16(5-2)12-28-21-8-6-18(10-17(21)11-27)32-25-23-19-7-9-22-20(13-31-33-22)24(19)34-26(23)30-14-29-25/h4-6,8,10-11,13-16,27-28H,1-2,7,9,12H2,3H3,(H,31,33)(H,29,30,32). The maximum absolute atomic E-state index is 7.94. The number of anilines is 3. The van der Waals surface area contributed by atoms with Gasteiger partial charge in [0, 0.05) is 45.8 Å². The van der Waals surface area contributed by atoms with Crippen molar-refractivity contribution in [2.24, 2.45) is 11.8 Å². The molecular weight excluding hydrogens is 442 g/mol. The van der Waals surface area contributed by atoms with Gasteiger partial charge in [-0.05, 0) is 48.4 Å². The maximum atomic E-state index is 7.94. The van der Waals surface area contributed by atoms with E-state index < -0.39 is 0 Å². The highest BCUT2D eigenvalue weighted by Crippen LogP contribution is 2.44. The van der Waals surface area contributed by atoms with E-state index in [1.165, 1.54) is 27.9 Å². The molecule has 3 aromatic heterocycles. The van der Waals surface area contributed by atoms with Crippen LogP contribution in [-0.2, 0) is 12.8 Å². The van der Waals surface area contributed by atoms with Crippen LogP contribution in [0.2, 0.25) is 0 Å². The predicted molar refractivity (Wildman–Crippen MR) is 142 cm³/mol. The Kier molecular flexibility index (Phi) is 5.98. The molecule has 1 aromatic carbocycles. The number of thiophene rings is 1. The number of rotatable bonds is 9. The number of aryl methyl sites for hydroxylation is 2. The number of benzene rings is 1. The van der Waals surface area contributed by atoms with E-state index in [9.17, 15) is 0 Å². The van der Waals surface area contributed by atoms with Gasteiger partial charge in [0.2, 0.25) is 0 Å². The average Bonchev–Trinajstić information content (AvgIpc) is 3.49. The summed E-state index contributed by atoms with van der Waals surface area (Å²) in [6.07, 6.45) is 10.6. The Morgan fingerprint density at radius 3 is 2.91 bits per heavy atom. The summed E-state index contributed by atoms with van der Waals surface area (Å²) in [6, 6.07) is 5.98. The molecule has 0 radical (unpaired) electrons. The SMILES string of the molecule is C=CC(C)C(C=C)CNc1ccc(Nc2ncnc3sc4c(c23)CCc2[nH]ncc2-4)cc1C=N. The molecule has 0 saturated carbocycles. The summed E-state index contributed by atoms with van der Waals surface area (Å²) in [5, 5.41) is 23.3. The molecule has 4 N–H and O–H groups in total. The molecule has 172 valence electrons. The van der Waals surface area contributed by atoms with E-state index in [0.29, 0.717) is 5.92 Å². The predicted octanol–water partition coefficient (Wildman–Crippen LogP) is 5.96. The largest absolute Gasteiger partial charge is 0.384 e. The Morgan fingerprint density at radius 1 is 1.24 bits per heavy atom. The zero-order chi connectivity index (χ0) is 23.7. The first-order valence-corrected chi connectivity index (χ1v) is 12.1. The molecule has 2 unspecified atom stereocenters. The Bertz CT molecular complexity index is 1380. The Balaban J connectivity index is 1.43. The minimum absolute atomic E-state index is 0.267. The van der Waals surface area contributed by atoms with Crippen molar-refractivity contribution >= 4 is 45.0 Å². The lowest BCUT2D eigenvalue weighted by Crippen LogP contribution is -2.18. The summed E-state index contributed by atoms with van der Waals surface area (Å²) in [5.74, 6) is 1.38. The molecule has 7 nitrogen and oxygen atoms in total. The van der Waals surface area contributed by atoms with Gasteiger partial charge in [0.15, 0.2) is 0 Å². The fourth-order valence-corrected chi connectivity index (χ4v) is 5.66. The van der Waals surface area contributed by atoms with Crippen molar-refractivity contribution in [3.8, 4) is 10.4 Å². The highest BCUT2D eigenvalue weighted by molar-refractivity contribution is 7.22. The monoisotopic (exact) mass is 469 g/mol. The minimum Gasteiger partial charge on any atom is -0.384 e. The molecule has 8 heteroatoms. The second kappa shape index (κ2) is 9.23. The molecular formula is C26H27N7S. The van der Waals surface area contributed by atoms with Crippen LogP contribution < -0.4 is 10.6 Å². The van der Waals surface area contributed by atoms with Crippen molar-refractivity contribution in [1.82, 2.24) is 20.2 Å². The van der Waals surface area contributed by atoms with Crippen LogP contribution in [0, 0.1) is 17.2 Å². The summed E-state index contributed by atoms with van der Waals surface area (Å²) < 4.78 is 0. The Labute approximate surface area is 202 Å². The maximum Gasteiger partial charge on any atom is 0.142 e. The number of aromatic amines is 1. The molecule has 0 spiro atoms. The van der Waals surface area contributed by atoms with Crippen molar-refractivity contribution in [2.45, 2.75) is 19.8 Å². The third-order valence-electron chi connectivity index (χ3n) is 6.52. The number of H-pyrrole nitrogens is 1. The van der Waals surface area contributed by atoms with Crippen LogP contribution in [-0.4, -0.2) is 32.9 Å². The Hall–Kier alpha value is -3.78. The van der Waals surface area contributed by atoms with Crippen molar-refractivity contribution in [1.29, 1.82) is 5.41 Å². The summed E-state index contributed by atoms with van der Waals surface area (Å²) in [7, 11) is 0. The number of aromatic nitrogens is 4. The molecule has 5 rings (SSSR count). The van der Waals surface area contributed by atoms with Gasteiger partial charge in [-0.1, -0.05) is 19.1 Å². The third kappa shape index (κ3) is 3.90. The van der Waals surface area contributed by atoms with Crippen LogP contribution in [0.25, 0.3) is 20.7 Å². The molecule has 0 amide bonds. The normalized spacial score (nSPS) is 14.0. The van der Waals surface area contributed by atoms with E-state index in [0.717, 1.165) is 52.4 Å². The van der Waals surface area contributed by atoms with Crippen molar-refractivity contribution in [3.05, 3.63) is 72.9 Å². The second-order valence-electron chi connectivity index (χ2n) is 8.52. The molecule has 0 fully saturated rings. The van der Waals surface area contributed by atoms with Crippen molar-refractivity contribution in [2.75, 3.05) is 17.2 Å². The van der Waals surface area contributed by atoms with Crippen LogP contribution in [0.4, 0.5) is 17.2 Å². The van der Waals surface area contributed by atoms with E-state index in [4.69, 9.17) is 5.41 Å². The minimum atomic E-state index is 0.267. The molecule has 3 heterocycles. The number of nitrogens with zero attached hydrogens (tertiary/aromatic N) is 3. The van der Waals surface area contributed by atoms with E-state index >= 15 is 0 Å². The first kappa shape index (κ1) is 22.0. The highest BCUT2D eigenvalue weighted by atomic mass is 32.1. The van der Waals surface area contributed by atoms with E-state index in [1.54, 1.807) is 17.7 Å². The summed E-state index contributed by atoms with van der Waals surface area (Å²) >= 11 is 1.68. The topological polar surface area (TPSA) is 102 Å². The summed E-state index contributed by atoms with van der Waals surface area (Å²) in [6.45, 7) is 10.7. The first-order chi connectivity index (χ1) is 16.6. The zero-order valence-electron chi connectivity index (χ0n) is 19.1. The zero-order valence-corrected chi connectivity index (χ0v) is 19.9. The van der Waals surface area contributed by atoms with Gasteiger partial charge < -0.3 is 16.0 Å². The first-order valence-electron chi connectivity index (χ1n) is 11.3.